The van der Waals surface area contributed by atoms with Crippen LogP contribution < -0.4 is 0 Å². The quantitative estimate of drug-likeness (QED) is 0.173. The molecule has 0 unspecified atom stereocenters. The highest BCUT2D eigenvalue weighted by Gasteiger charge is 2.46. The van der Waals surface area contributed by atoms with Gasteiger partial charge in [0.1, 0.15) is 0 Å². The molecule has 8 aromatic rings. The molecule has 0 aliphatic heterocycles. The van der Waals surface area contributed by atoms with E-state index >= 15 is 0 Å². The van der Waals surface area contributed by atoms with Crippen LogP contribution in [0.25, 0.3) is 55.6 Å². The molecular formula is C49H34. The second-order valence-electron chi connectivity index (χ2n) is 12.9. The van der Waals surface area contributed by atoms with Gasteiger partial charge in [0.25, 0.3) is 0 Å². The van der Waals surface area contributed by atoms with Gasteiger partial charge in [0.05, 0.1) is 5.41 Å². The Labute approximate surface area is 288 Å². The minimum atomic E-state index is -0.410. The van der Waals surface area contributed by atoms with Gasteiger partial charge in [0, 0.05) is 0 Å². The van der Waals surface area contributed by atoms with Crippen molar-refractivity contribution in [2.45, 2.75) is 5.41 Å². The maximum atomic E-state index is 2.44. The van der Waals surface area contributed by atoms with E-state index in [1.54, 1.807) is 0 Å². The summed E-state index contributed by atoms with van der Waals surface area (Å²) in [7, 11) is 0. The zero-order valence-electron chi connectivity index (χ0n) is 27.1. The van der Waals surface area contributed by atoms with Crippen molar-refractivity contribution in [1.82, 2.24) is 0 Å². The van der Waals surface area contributed by atoms with Crippen LogP contribution in [-0.2, 0) is 5.41 Å². The van der Waals surface area contributed by atoms with E-state index in [2.05, 4.69) is 206 Å². The van der Waals surface area contributed by atoms with Gasteiger partial charge < -0.3 is 0 Å². The zero-order chi connectivity index (χ0) is 32.6. The van der Waals surface area contributed by atoms with Crippen LogP contribution in [-0.4, -0.2) is 0 Å². The molecule has 0 spiro atoms. The van der Waals surface area contributed by atoms with E-state index in [0.29, 0.717) is 0 Å². The van der Waals surface area contributed by atoms with Gasteiger partial charge in [-0.2, -0.15) is 0 Å². The summed E-state index contributed by atoms with van der Waals surface area (Å²) < 4.78 is 0. The molecule has 0 saturated carbocycles. The van der Waals surface area contributed by atoms with Crippen LogP contribution >= 0.6 is 0 Å². The Balaban J connectivity index is 1.13. The predicted molar refractivity (Wildman–Crippen MR) is 205 cm³/mol. The lowest BCUT2D eigenvalue weighted by atomic mass is 9.67. The molecule has 0 radical (unpaired) electrons. The van der Waals surface area contributed by atoms with Crippen molar-refractivity contribution in [3.63, 3.8) is 0 Å². The fourth-order valence-corrected chi connectivity index (χ4v) is 7.87. The van der Waals surface area contributed by atoms with Crippen molar-refractivity contribution in [3.05, 3.63) is 229 Å². The maximum absolute atomic E-state index is 2.44. The van der Waals surface area contributed by atoms with E-state index in [1.165, 1.54) is 77.9 Å². The Morgan fingerprint density at radius 2 is 0.592 bits per heavy atom. The zero-order valence-corrected chi connectivity index (χ0v) is 27.1. The van der Waals surface area contributed by atoms with Crippen LogP contribution in [0.1, 0.15) is 22.3 Å². The monoisotopic (exact) mass is 622 g/mol. The number of benzene rings is 8. The summed E-state index contributed by atoms with van der Waals surface area (Å²) in [6, 6.07) is 75.4. The Hall–Kier alpha value is -6.24. The SMILES string of the molecule is c1ccc(-c2ccc(-c3cccc(-c4cccc(-c5ccc6c(c5)C(c5ccccc5)(c5ccccc5)c5ccccc5-6)c4)c3)cc2)cc1. The molecule has 8 aromatic carbocycles. The van der Waals surface area contributed by atoms with Crippen molar-refractivity contribution in [3.8, 4) is 55.6 Å². The fourth-order valence-electron chi connectivity index (χ4n) is 7.87. The summed E-state index contributed by atoms with van der Waals surface area (Å²) in [6.07, 6.45) is 0. The maximum Gasteiger partial charge on any atom is 0.0713 e. The van der Waals surface area contributed by atoms with E-state index < -0.39 is 5.41 Å². The van der Waals surface area contributed by atoms with E-state index in [4.69, 9.17) is 0 Å². The highest BCUT2D eigenvalue weighted by molar-refractivity contribution is 5.89. The lowest BCUT2D eigenvalue weighted by molar-refractivity contribution is 0.769. The molecule has 0 N–H and O–H groups in total. The van der Waals surface area contributed by atoms with Crippen LogP contribution in [0, 0.1) is 0 Å². The third-order valence-corrected chi connectivity index (χ3v) is 10.2. The van der Waals surface area contributed by atoms with Gasteiger partial charge in [-0.1, -0.05) is 188 Å². The number of hydrogen-bond acceptors (Lipinski definition) is 0. The van der Waals surface area contributed by atoms with Crippen molar-refractivity contribution in [2.24, 2.45) is 0 Å². The molecule has 9 rings (SSSR count). The third kappa shape index (κ3) is 4.93. The van der Waals surface area contributed by atoms with Crippen LogP contribution in [0.2, 0.25) is 0 Å². The minimum absolute atomic E-state index is 0.410. The van der Waals surface area contributed by atoms with Gasteiger partial charge in [0.15, 0.2) is 0 Å². The second-order valence-corrected chi connectivity index (χ2v) is 12.9. The average molecular weight is 623 g/mol. The average Bonchev–Trinajstić information content (AvgIpc) is 3.49. The van der Waals surface area contributed by atoms with Gasteiger partial charge in [0.2, 0.25) is 0 Å². The molecule has 0 bridgehead atoms. The van der Waals surface area contributed by atoms with Crippen molar-refractivity contribution in [1.29, 1.82) is 0 Å². The van der Waals surface area contributed by atoms with Crippen molar-refractivity contribution < 1.29 is 0 Å². The van der Waals surface area contributed by atoms with Crippen LogP contribution in [0.4, 0.5) is 0 Å². The standard InChI is InChI=1S/C49H34/c1-4-14-35(15-5-1)36-26-28-37(29-27-36)38-16-12-17-39(32-38)40-18-13-19-41(33-40)42-30-31-46-45-24-10-11-25-47(45)49(48(46)34-42,43-20-6-2-7-21-43)44-22-8-3-9-23-44/h1-34H. The van der Waals surface area contributed by atoms with Crippen molar-refractivity contribution in [2.75, 3.05) is 0 Å². The van der Waals surface area contributed by atoms with Crippen LogP contribution in [0.3, 0.4) is 0 Å². The Morgan fingerprint density at radius 1 is 0.224 bits per heavy atom. The molecule has 0 fully saturated rings. The summed E-state index contributed by atoms with van der Waals surface area (Å²) in [6.45, 7) is 0. The predicted octanol–water partition coefficient (Wildman–Crippen LogP) is 12.7. The van der Waals surface area contributed by atoms with Crippen LogP contribution in [0.5, 0.6) is 0 Å². The largest absolute Gasteiger partial charge is 0.0713 e. The molecule has 0 aromatic heterocycles. The lowest BCUT2D eigenvalue weighted by Crippen LogP contribution is -2.28. The van der Waals surface area contributed by atoms with Gasteiger partial charge in [-0.25, -0.2) is 0 Å². The molecule has 0 heterocycles. The first-order valence-electron chi connectivity index (χ1n) is 17.0. The molecule has 1 aliphatic rings. The normalized spacial score (nSPS) is 12.7. The molecule has 230 valence electrons. The smallest absolute Gasteiger partial charge is 0.0622 e. The molecule has 0 saturated heterocycles. The molecule has 0 heteroatoms. The third-order valence-electron chi connectivity index (χ3n) is 10.2. The minimum Gasteiger partial charge on any atom is -0.0622 e. The van der Waals surface area contributed by atoms with Gasteiger partial charge in [-0.3, -0.25) is 0 Å². The van der Waals surface area contributed by atoms with Crippen molar-refractivity contribution >= 4 is 0 Å². The highest BCUT2D eigenvalue weighted by atomic mass is 14.5. The molecule has 49 heavy (non-hydrogen) atoms. The number of hydrogen-bond donors (Lipinski definition) is 0. The molecule has 0 atom stereocenters. The highest BCUT2D eigenvalue weighted by Crippen LogP contribution is 2.56. The topological polar surface area (TPSA) is 0 Å². The Morgan fingerprint density at radius 3 is 1.16 bits per heavy atom. The van der Waals surface area contributed by atoms with E-state index in [1.807, 2.05) is 0 Å². The first-order chi connectivity index (χ1) is 24.3. The first-order valence-corrected chi connectivity index (χ1v) is 17.0. The Kier molecular flexibility index (Phi) is 7.14. The summed E-state index contributed by atoms with van der Waals surface area (Å²) >= 11 is 0. The summed E-state index contributed by atoms with van der Waals surface area (Å²) in [5.74, 6) is 0. The molecule has 0 amide bonds. The lowest BCUT2D eigenvalue weighted by Gasteiger charge is -2.34. The van der Waals surface area contributed by atoms with Gasteiger partial charge >= 0.3 is 0 Å². The molecule has 0 nitrogen and oxygen atoms in total. The van der Waals surface area contributed by atoms with E-state index in [-0.39, 0.29) is 0 Å². The van der Waals surface area contributed by atoms with E-state index in [0.717, 1.165) is 0 Å². The number of rotatable bonds is 6. The Bertz CT molecular complexity index is 2360. The second kappa shape index (κ2) is 12.1. The van der Waals surface area contributed by atoms with E-state index in [9.17, 15) is 0 Å². The summed E-state index contributed by atoms with van der Waals surface area (Å²) in [5, 5.41) is 0. The van der Waals surface area contributed by atoms with Crippen LogP contribution in [0.15, 0.2) is 206 Å². The molecular weight excluding hydrogens is 589 g/mol. The number of fused-ring (bicyclic) bond motifs is 3. The summed E-state index contributed by atoms with van der Waals surface area (Å²) in [4.78, 5) is 0. The van der Waals surface area contributed by atoms with Gasteiger partial charge in [-0.05, 0) is 96.1 Å². The summed E-state index contributed by atoms with van der Waals surface area (Å²) in [5.41, 5.74) is 17.2. The molecule has 1 aliphatic carbocycles. The first kappa shape index (κ1) is 28.9. The fraction of sp³-hybridized carbons (Fsp3) is 0.0204. The van der Waals surface area contributed by atoms with Gasteiger partial charge in [-0.15, -0.1) is 0 Å².